The van der Waals surface area contributed by atoms with E-state index in [0.717, 1.165) is 81.4 Å². The number of unbranched alkanes of at least 4 members (excludes halogenated alkanes) is 6. The smallest absolute Gasteiger partial charge is 0.303 e. The Kier molecular flexibility index (Phi) is 144. The number of carboxylic acids is 2. The fourth-order valence-electron chi connectivity index (χ4n) is 5.86. The standard InChI is InChI=1S/C10H11N.C8H10O.C8H10.C7H8.C6H14N2.C5H8N2.C5H13N.3C5H12.C4H9NO.C4H8O2.C4H10S.C4H10.C3H7NO.C3H6O2.C3H8O.C2H6O.C2H6S/c1-2-8-7-11-10-6-4-3-5-9(8)10;1-2-7-3-5-8(9)6-4-7;1-2-8-6-4-3-5-7-8;1-7-5-3-2-4-6-7;1-2-3-4-5-6(7)8;1-2-5-3-6-4-7-5;1-2-3-4-5-6;2*1-4-5(2)3;1-3-5-4-2;2*1-2-3-4(5)6;1-3-4-5-2;1-4(2)3;2*1-2-3(4)5;1-3(2)4;2*1-2-3/h3-7,11H,2H2,1H3;3-6,9H,2H2,1H3;3-7H,2H2,1H3;2-6H,1H3;2-5H2,1H3,(H3,7,8);3-4H,2H2,1H3,(H,6,7);2-6H2,1H3;2*5H,4H2,1-3H3;3-5H2,1-2H3;2-3H2,1H3,(H2,5,6);2-3H2,1H3,(H,5,6);3-4H2,1-2H3;4H,1-3H3;2H2,1H3,(H2,4,5);2H2,1H3,(H,4,5);3-4H,1-2H3;2*3H,2H2,1H3. The highest BCUT2D eigenvalue weighted by Crippen LogP contribution is 2.17. The molecule has 6 aromatic rings. The van der Waals surface area contributed by atoms with Gasteiger partial charge in [0.2, 0.25) is 11.8 Å². The molecule has 2 amide bonds. The predicted octanol–water partition coefficient (Wildman–Crippen LogP) is 25.1. The number of imidazole rings is 1. The topological polar surface area (TPSA) is 342 Å². The number of para-hydroxylation sites is 1. The molecular formula is C93H180N8O9S2. The van der Waals surface area contributed by atoms with Gasteiger partial charge in [0, 0.05) is 73.8 Å². The molecule has 0 radical (unpaired) electrons. The summed E-state index contributed by atoms with van der Waals surface area (Å²) >= 11 is 5.69. The first-order valence-electron chi connectivity index (χ1n) is 41.7. The maximum Gasteiger partial charge on any atom is 0.303 e. The number of carboxylic acid groups (broad SMARTS) is 2. The Bertz CT molecular complexity index is 2580. The van der Waals surface area contributed by atoms with Crippen LogP contribution in [0.25, 0.3) is 10.9 Å². The minimum atomic E-state index is -0.745. The molecule has 112 heavy (non-hydrogen) atoms. The summed E-state index contributed by atoms with van der Waals surface area (Å²) in [4.78, 5) is 48.4. The van der Waals surface area contributed by atoms with Crippen LogP contribution in [0.15, 0.2) is 128 Å². The molecule has 0 atom stereocenters. The lowest BCUT2D eigenvalue weighted by molar-refractivity contribution is -0.137. The van der Waals surface area contributed by atoms with Crippen LogP contribution < -0.4 is 22.9 Å². The fourth-order valence-corrected chi connectivity index (χ4v) is 6.27. The van der Waals surface area contributed by atoms with Crippen LogP contribution in [0.2, 0.25) is 0 Å². The van der Waals surface area contributed by atoms with Gasteiger partial charge in [-0.2, -0.15) is 24.4 Å². The molecule has 2 aromatic heterocycles. The number of hydrogen-bond acceptors (Lipinski definition) is 12. The van der Waals surface area contributed by atoms with Crippen molar-refractivity contribution in [2.75, 3.05) is 30.9 Å². The number of rotatable bonds is 23. The van der Waals surface area contributed by atoms with Gasteiger partial charge in [0.15, 0.2) is 0 Å². The van der Waals surface area contributed by atoms with Gasteiger partial charge in [-0.05, 0) is 162 Å². The van der Waals surface area contributed by atoms with E-state index in [1.54, 1.807) is 53.1 Å². The Hall–Kier alpha value is -6.64. The number of thioether (sulfide) groups is 1. The van der Waals surface area contributed by atoms with Crippen LogP contribution in [-0.4, -0.2) is 107 Å². The van der Waals surface area contributed by atoms with Gasteiger partial charge in [-0.25, -0.2) is 4.98 Å². The number of nitrogens with zero attached hydrogens (tertiary/aromatic N) is 1. The molecule has 0 saturated heterocycles. The summed E-state index contributed by atoms with van der Waals surface area (Å²) in [6, 6.07) is 36.4. The second kappa shape index (κ2) is 120. The number of carbonyl (C=O) groups excluding carboxylic acids is 2. The van der Waals surface area contributed by atoms with Crippen LogP contribution in [-0.2, 0) is 44.9 Å². The molecule has 0 spiro atoms. The zero-order valence-corrected chi connectivity index (χ0v) is 78.7. The minimum Gasteiger partial charge on any atom is -0.508 e. The van der Waals surface area contributed by atoms with Crippen molar-refractivity contribution in [3.05, 3.63) is 156 Å². The highest BCUT2D eigenvalue weighted by atomic mass is 32.2. The number of H-pyrrole nitrogens is 2. The number of primary amides is 2. The molecule has 0 aliphatic rings. The molecule has 17 nitrogen and oxygen atoms in total. The number of nitrogens with one attached hydrogen (secondary N) is 3. The number of nitrogens with two attached hydrogens (primary N) is 4. The van der Waals surface area contributed by atoms with Crippen LogP contribution in [0.4, 0.5) is 0 Å². The molecule has 0 unspecified atom stereocenters. The number of phenolic OH excluding ortho intramolecular Hbond substituents is 1. The third-order valence-corrected chi connectivity index (χ3v) is 13.6. The van der Waals surface area contributed by atoms with Crippen molar-refractivity contribution < 1.29 is 44.7 Å². The van der Waals surface area contributed by atoms with Crippen molar-refractivity contribution in [3.63, 3.8) is 0 Å². The zero-order valence-electron chi connectivity index (χ0n) is 77.0. The van der Waals surface area contributed by atoms with E-state index in [9.17, 15) is 19.2 Å². The molecule has 658 valence electrons. The van der Waals surface area contributed by atoms with Gasteiger partial charge in [0.1, 0.15) is 5.75 Å². The zero-order chi connectivity index (χ0) is 89.6. The van der Waals surface area contributed by atoms with Crippen molar-refractivity contribution in [1.29, 1.82) is 5.41 Å². The van der Waals surface area contributed by atoms with E-state index in [0.29, 0.717) is 30.8 Å². The van der Waals surface area contributed by atoms with Gasteiger partial charge in [0.25, 0.3) is 0 Å². The van der Waals surface area contributed by atoms with E-state index in [4.69, 9.17) is 48.1 Å². The number of thiol groups is 1. The number of aryl methyl sites for hydroxylation is 5. The quantitative estimate of drug-likeness (QED) is 0.0123. The van der Waals surface area contributed by atoms with Gasteiger partial charge in [0.05, 0.1) is 12.2 Å². The van der Waals surface area contributed by atoms with E-state index < -0.39 is 11.9 Å². The van der Waals surface area contributed by atoms with Crippen molar-refractivity contribution in [3.8, 4) is 5.75 Å². The number of hydrogen-bond donors (Lipinski definition) is 13. The first-order chi connectivity index (χ1) is 52.9. The Morgan fingerprint density at radius 1 is 0.518 bits per heavy atom. The Morgan fingerprint density at radius 3 is 1.11 bits per heavy atom. The van der Waals surface area contributed by atoms with Crippen LogP contribution in [0.1, 0.15) is 330 Å². The molecule has 2 heterocycles. The average molecular weight is 1620 g/mol. The molecule has 0 aliphatic carbocycles. The lowest BCUT2D eigenvalue weighted by atomic mass is 10.1. The number of aliphatic hydroxyl groups is 2. The minimum absolute atomic E-state index is 0.167. The third-order valence-electron chi connectivity index (χ3n) is 12.7. The second-order valence-electron chi connectivity index (χ2n) is 26.5. The Balaban J connectivity index is -0.0000000848. The first-order valence-corrected chi connectivity index (χ1v) is 43.7. The summed E-state index contributed by atoms with van der Waals surface area (Å²) < 4.78 is 0. The van der Waals surface area contributed by atoms with Crippen molar-refractivity contribution in [1.82, 2.24) is 15.0 Å². The highest BCUT2D eigenvalue weighted by molar-refractivity contribution is 7.98. The number of aliphatic carboxylic acids is 2. The number of aromatic nitrogens is 3. The molecule has 16 N–H and O–H groups in total. The monoisotopic (exact) mass is 1620 g/mol. The summed E-state index contributed by atoms with van der Waals surface area (Å²) in [5.41, 5.74) is 27.6. The predicted molar refractivity (Wildman–Crippen MR) is 503 cm³/mol. The number of aromatic hydroxyl groups is 1. The molecular weight excluding hydrogens is 1440 g/mol. The summed E-state index contributed by atoms with van der Waals surface area (Å²) in [5.74, 6) is 3.60. The van der Waals surface area contributed by atoms with Gasteiger partial charge >= 0.3 is 11.9 Å². The van der Waals surface area contributed by atoms with Crippen LogP contribution >= 0.6 is 24.4 Å². The van der Waals surface area contributed by atoms with Crippen molar-refractivity contribution >= 4 is 64.9 Å². The summed E-state index contributed by atoms with van der Waals surface area (Å²) in [6.45, 7) is 56.6. The summed E-state index contributed by atoms with van der Waals surface area (Å²) in [5, 5.41) is 48.3. The van der Waals surface area contributed by atoms with E-state index in [2.05, 4.69) is 238 Å². The average Bonchev–Trinajstić information content (AvgIpc) is 1.70. The van der Waals surface area contributed by atoms with Crippen LogP contribution in [0, 0.1) is 30.1 Å². The lowest BCUT2D eigenvalue weighted by Crippen LogP contribution is -2.08. The third kappa shape index (κ3) is 168. The molecule has 0 fully saturated rings. The molecule has 19 heteroatoms. The van der Waals surface area contributed by atoms with Gasteiger partial charge in [-0.1, -0.05) is 314 Å². The number of phenols is 1. The normalized spacial score (nSPS) is 8.82. The van der Waals surface area contributed by atoms with E-state index in [1.807, 2.05) is 75.1 Å². The Morgan fingerprint density at radius 2 is 0.902 bits per heavy atom. The fraction of sp³-hybridized carbons (Fsp3) is 0.634. The maximum atomic E-state index is 9.82. The van der Waals surface area contributed by atoms with E-state index >= 15 is 0 Å². The van der Waals surface area contributed by atoms with E-state index in [-0.39, 0.29) is 30.9 Å². The van der Waals surface area contributed by atoms with Crippen molar-refractivity contribution in [2.45, 2.75) is 341 Å². The number of aromatic amines is 2. The molecule has 0 bridgehead atoms. The lowest BCUT2D eigenvalue weighted by Gasteiger charge is -1.93. The summed E-state index contributed by atoms with van der Waals surface area (Å²) in [7, 11) is 0. The van der Waals surface area contributed by atoms with E-state index in [1.165, 1.54) is 115 Å². The molecule has 4 aromatic carbocycles. The van der Waals surface area contributed by atoms with Crippen molar-refractivity contribution in [2.24, 2.45) is 40.7 Å². The molecule has 0 saturated carbocycles. The second-order valence-corrected chi connectivity index (χ2v) is 28.1. The number of aliphatic hydroxyl groups excluding tert-OH is 2. The summed E-state index contributed by atoms with van der Waals surface area (Å²) in [6.07, 6.45) is 30.9. The van der Waals surface area contributed by atoms with Gasteiger partial charge < -0.3 is 58.4 Å². The van der Waals surface area contributed by atoms with Gasteiger partial charge in [-0.3, -0.25) is 24.6 Å². The number of fused-ring (bicyclic) bond motifs is 1. The van der Waals surface area contributed by atoms with Gasteiger partial charge in [-0.15, -0.1) is 0 Å². The first kappa shape index (κ1) is 135. The Labute approximate surface area is 699 Å². The van der Waals surface area contributed by atoms with Crippen LogP contribution in [0.3, 0.4) is 0 Å². The maximum absolute atomic E-state index is 9.82. The molecule has 0 aliphatic heterocycles. The number of carbonyl (C=O) groups is 4. The SMILES string of the molecule is CC(C)C.CC(C)O.CCC(=O)O.CCC(C)C.CCC(C)C.CCC(N)=O.CCCC(=O)O.CCCC(N)=O.CCCCC.CCCCCC(=N)N.CCCCCN.CCCSC.CCO.CCS.CCc1c[nH]c2ccccc12.CCc1ccc(O)cc1.CCc1ccccc1.CCc1cnc[nH]1.Cc1ccccc1. The number of amides is 2. The number of benzene rings is 4. The highest BCUT2D eigenvalue weighted by Gasteiger charge is 1.98. The largest absolute Gasteiger partial charge is 0.508 e. The molecule has 6 rings (SSSR count). The van der Waals surface area contributed by atoms with Crippen LogP contribution in [0.5, 0.6) is 5.75 Å². The number of amidine groups is 1.